The molecule has 3 unspecified atom stereocenters. The number of nitrogens with zero attached hydrogens (tertiary/aromatic N) is 1. The van der Waals surface area contributed by atoms with Gasteiger partial charge in [0.1, 0.15) is 0 Å². The fraction of sp³-hybridized carbons (Fsp3) is 0.348. The predicted molar refractivity (Wildman–Crippen MR) is 110 cm³/mol. The third-order valence-electron chi connectivity index (χ3n) is 5.57. The molecule has 150 valence electrons. The molecule has 1 aliphatic carbocycles. The monoisotopic (exact) mass is 392 g/mol. The number of esters is 1. The number of amides is 2. The van der Waals surface area contributed by atoms with Crippen LogP contribution >= 0.6 is 0 Å². The zero-order chi connectivity index (χ0) is 20.5. The molecule has 1 saturated carbocycles. The van der Waals surface area contributed by atoms with Gasteiger partial charge in [-0.25, -0.2) is 4.79 Å². The van der Waals surface area contributed by atoms with E-state index in [0.29, 0.717) is 17.7 Å². The Morgan fingerprint density at radius 2 is 1.79 bits per heavy atom. The molecular weight excluding hydrogens is 368 g/mol. The number of nitrogens with one attached hydrogen (secondary N) is 1. The lowest BCUT2D eigenvalue weighted by atomic mass is 10.1. The molecule has 4 rings (SSSR count). The molecule has 3 atom stereocenters. The molecule has 2 aliphatic rings. The first-order valence-corrected chi connectivity index (χ1v) is 9.99. The first-order chi connectivity index (χ1) is 14.0. The summed E-state index contributed by atoms with van der Waals surface area (Å²) in [5.74, 6) is -1.41. The number of hydrogen-bond acceptors (Lipinski definition) is 4. The Bertz CT molecular complexity index is 971. The maximum Gasteiger partial charge on any atom is 0.340 e. The van der Waals surface area contributed by atoms with Crippen LogP contribution in [0, 0.1) is 11.8 Å². The van der Waals surface area contributed by atoms with E-state index in [1.807, 2.05) is 36.1 Å². The van der Waals surface area contributed by atoms with Crippen LogP contribution in [0.1, 0.15) is 36.2 Å². The molecule has 0 saturated heterocycles. The average Bonchev–Trinajstić information content (AvgIpc) is 3.44. The fourth-order valence-electron chi connectivity index (χ4n) is 4.04. The molecule has 6 nitrogen and oxygen atoms in total. The third kappa shape index (κ3) is 3.62. The van der Waals surface area contributed by atoms with Crippen LogP contribution in [-0.4, -0.2) is 30.4 Å². The Morgan fingerprint density at radius 1 is 1.07 bits per heavy atom. The summed E-state index contributed by atoms with van der Waals surface area (Å²) in [4.78, 5) is 39.7. The number of anilines is 2. The van der Waals surface area contributed by atoms with Gasteiger partial charge in [-0.3, -0.25) is 9.59 Å². The normalized spacial score (nSPS) is 22.0. The highest BCUT2D eigenvalue weighted by atomic mass is 16.5. The lowest BCUT2D eigenvalue weighted by molar-refractivity contribution is -0.123. The van der Waals surface area contributed by atoms with Crippen LogP contribution in [0.4, 0.5) is 11.4 Å². The van der Waals surface area contributed by atoms with Crippen LogP contribution < -0.4 is 10.2 Å². The Morgan fingerprint density at radius 3 is 2.59 bits per heavy atom. The predicted octanol–water partition coefficient (Wildman–Crippen LogP) is 3.42. The van der Waals surface area contributed by atoms with Gasteiger partial charge in [-0.05, 0) is 50.5 Å². The van der Waals surface area contributed by atoms with Gasteiger partial charge in [0, 0.05) is 11.7 Å². The van der Waals surface area contributed by atoms with Gasteiger partial charge in [-0.2, -0.15) is 0 Å². The van der Waals surface area contributed by atoms with Crippen LogP contribution in [0.25, 0.3) is 0 Å². The molecule has 0 spiro atoms. The van der Waals surface area contributed by atoms with E-state index in [1.54, 1.807) is 31.2 Å². The van der Waals surface area contributed by atoms with Crippen molar-refractivity contribution in [3.8, 4) is 0 Å². The van der Waals surface area contributed by atoms with Crippen molar-refractivity contribution in [1.29, 1.82) is 0 Å². The van der Waals surface area contributed by atoms with Crippen molar-refractivity contribution in [3.05, 3.63) is 59.7 Å². The van der Waals surface area contributed by atoms with Gasteiger partial charge < -0.3 is 15.0 Å². The van der Waals surface area contributed by atoms with E-state index in [0.717, 1.165) is 12.1 Å². The summed E-state index contributed by atoms with van der Waals surface area (Å²) in [6.45, 7) is 4.03. The third-order valence-corrected chi connectivity index (χ3v) is 5.57. The Kier molecular flexibility index (Phi) is 5.09. The standard InChI is InChI=1S/C23H24N2O4/c1-3-29-23(28)16-9-5-6-10-19(16)24-21(26)17-13-18(17)22(27)25-14(2)12-15-8-4-7-11-20(15)25/h4-11,14,17-18H,3,12-13H2,1-2H3,(H,24,26). The van der Waals surface area contributed by atoms with Crippen LogP contribution in [-0.2, 0) is 20.7 Å². The minimum Gasteiger partial charge on any atom is -0.462 e. The number of hydrogen-bond donors (Lipinski definition) is 1. The molecule has 6 heteroatoms. The van der Waals surface area contributed by atoms with Crippen LogP contribution in [0.15, 0.2) is 48.5 Å². The molecule has 1 aliphatic heterocycles. The van der Waals surface area contributed by atoms with Crippen molar-refractivity contribution in [2.45, 2.75) is 32.7 Å². The van der Waals surface area contributed by atoms with Gasteiger partial charge in [0.15, 0.2) is 0 Å². The molecule has 2 amide bonds. The van der Waals surface area contributed by atoms with E-state index in [2.05, 4.69) is 5.32 Å². The van der Waals surface area contributed by atoms with Gasteiger partial charge in [-0.1, -0.05) is 30.3 Å². The summed E-state index contributed by atoms with van der Waals surface area (Å²) in [5, 5.41) is 2.81. The SMILES string of the molecule is CCOC(=O)c1ccccc1NC(=O)C1CC1C(=O)N1c2ccccc2CC1C. The van der Waals surface area contributed by atoms with Crippen molar-refractivity contribution in [3.63, 3.8) is 0 Å². The highest BCUT2D eigenvalue weighted by Crippen LogP contribution is 2.44. The Labute approximate surface area is 169 Å². The van der Waals surface area contributed by atoms with E-state index in [1.165, 1.54) is 5.56 Å². The molecule has 2 aromatic carbocycles. The molecular formula is C23H24N2O4. The lowest BCUT2D eigenvalue weighted by Gasteiger charge is -2.23. The first kappa shape index (κ1) is 19.2. The van der Waals surface area contributed by atoms with Gasteiger partial charge in [0.25, 0.3) is 0 Å². The van der Waals surface area contributed by atoms with Crippen molar-refractivity contribution in [1.82, 2.24) is 0 Å². The number of ether oxygens (including phenoxy) is 1. The highest BCUT2D eigenvalue weighted by Gasteiger charge is 2.51. The molecule has 1 fully saturated rings. The summed E-state index contributed by atoms with van der Waals surface area (Å²) in [7, 11) is 0. The van der Waals surface area contributed by atoms with Crippen LogP contribution in [0.5, 0.6) is 0 Å². The highest BCUT2D eigenvalue weighted by molar-refractivity contribution is 6.07. The summed E-state index contributed by atoms with van der Waals surface area (Å²) >= 11 is 0. The van der Waals surface area contributed by atoms with E-state index >= 15 is 0 Å². The molecule has 0 bridgehead atoms. The number of rotatable bonds is 5. The minimum atomic E-state index is -0.477. The maximum absolute atomic E-state index is 13.1. The zero-order valence-electron chi connectivity index (χ0n) is 16.6. The number of benzene rings is 2. The van der Waals surface area contributed by atoms with E-state index in [9.17, 15) is 14.4 Å². The van der Waals surface area contributed by atoms with E-state index in [-0.39, 0.29) is 36.3 Å². The summed E-state index contributed by atoms with van der Waals surface area (Å²) in [6.07, 6.45) is 1.36. The molecule has 2 aromatic rings. The van der Waals surface area contributed by atoms with Gasteiger partial charge in [-0.15, -0.1) is 0 Å². The second kappa shape index (κ2) is 7.70. The second-order valence-corrected chi connectivity index (χ2v) is 7.59. The summed E-state index contributed by atoms with van der Waals surface area (Å²) in [6, 6.07) is 14.8. The summed E-state index contributed by atoms with van der Waals surface area (Å²) < 4.78 is 5.05. The number of carbonyl (C=O) groups excluding carboxylic acids is 3. The van der Waals surface area contributed by atoms with E-state index < -0.39 is 5.97 Å². The van der Waals surface area contributed by atoms with Crippen LogP contribution in [0.2, 0.25) is 0 Å². The quantitative estimate of drug-likeness (QED) is 0.791. The van der Waals surface area contributed by atoms with Crippen molar-refractivity contribution < 1.29 is 19.1 Å². The maximum atomic E-state index is 13.1. The number of para-hydroxylation sites is 2. The van der Waals surface area contributed by atoms with E-state index in [4.69, 9.17) is 4.74 Å². The van der Waals surface area contributed by atoms with Crippen LogP contribution in [0.3, 0.4) is 0 Å². The van der Waals surface area contributed by atoms with Crippen molar-refractivity contribution in [2.75, 3.05) is 16.8 Å². The van der Waals surface area contributed by atoms with Gasteiger partial charge in [0.05, 0.1) is 29.7 Å². The largest absolute Gasteiger partial charge is 0.462 e. The smallest absolute Gasteiger partial charge is 0.340 e. The zero-order valence-corrected chi connectivity index (χ0v) is 16.6. The minimum absolute atomic E-state index is 0.00118. The molecule has 1 heterocycles. The molecule has 0 aromatic heterocycles. The lowest BCUT2D eigenvalue weighted by Crippen LogP contribution is -2.37. The average molecular weight is 392 g/mol. The number of fused-ring (bicyclic) bond motifs is 1. The second-order valence-electron chi connectivity index (χ2n) is 7.59. The Hall–Kier alpha value is -3.15. The molecule has 0 radical (unpaired) electrons. The van der Waals surface area contributed by atoms with Gasteiger partial charge in [0.2, 0.25) is 11.8 Å². The number of carbonyl (C=O) groups is 3. The molecule has 1 N–H and O–H groups in total. The fourth-order valence-corrected chi connectivity index (χ4v) is 4.04. The van der Waals surface area contributed by atoms with Crippen molar-refractivity contribution in [2.24, 2.45) is 11.8 Å². The molecule has 29 heavy (non-hydrogen) atoms. The Balaban J connectivity index is 1.44. The first-order valence-electron chi connectivity index (χ1n) is 9.99. The topological polar surface area (TPSA) is 75.7 Å². The van der Waals surface area contributed by atoms with Gasteiger partial charge >= 0.3 is 5.97 Å². The van der Waals surface area contributed by atoms with Crippen molar-refractivity contribution >= 4 is 29.2 Å². The summed E-state index contributed by atoms with van der Waals surface area (Å²) in [5.41, 5.74) is 2.84.